The number of benzene rings is 2. The third kappa shape index (κ3) is 3.50. The molecule has 6 heteroatoms. The number of para-hydroxylation sites is 1. The Kier molecular flexibility index (Phi) is 4.90. The first-order valence-electron chi connectivity index (χ1n) is 10.5. The SMILES string of the molecule is Cc1cc(C(=O)N2Cc3cccn3Cc3ccccc32)ccc1NC(=O)c1ccoc1C. The maximum absolute atomic E-state index is 13.6. The molecule has 160 valence electrons. The van der Waals surface area contributed by atoms with Crippen LogP contribution in [-0.4, -0.2) is 16.4 Å². The molecule has 0 spiro atoms. The number of hydrogen-bond acceptors (Lipinski definition) is 3. The van der Waals surface area contributed by atoms with Gasteiger partial charge in [-0.1, -0.05) is 18.2 Å². The summed E-state index contributed by atoms with van der Waals surface area (Å²) in [5, 5.41) is 2.91. The molecule has 1 aliphatic rings. The van der Waals surface area contributed by atoms with Gasteiger partial charge in [-0.3, -0.25) is 9.59 Å². The monoisotopic (exact) mass is 425 g/mol. The van der Waals surface area contributed by atoms with Gasteiger partial charge in [0, 0.05) is 35.4 Å². The van der Waals surface area contributed by atoms with Crippen molar-refractivity contribution in [3.05, 3.63) is 107 Å². The van der Waals surface area contributed by atoms with E-state index in [0.29, 0.717) is 29.1 Å². The second-order valence-corrected chi connectivity index (χ2v) is 8.02. The second-order valence-electron chi connectivity index (χ2n) is 8.02. The summed E-state index contributed by atoms with van der Waals surface area (Å²) in [4.78, 5) is 27.9. The number of furan rings is 1. The summed E-state index contributed by atoms with van der Waals surface area (Å²) in [6.45, 7) is 4.87. The van der Waals surface area contributed by atoms with Crippen LogP contribution < -0.4 is 10.2 Å². The minimum absolute atomic E-state index is 0.0706. The number of nitrogens with zero attached hydrogens (tertiary/aromatic N) is 2. The van der Waals surface area contributed by atoms with Crippen molar-refractivity contribution in [3.8, 4) is 0 Å². The molecule has 6 nitrogen and oxygen atoms in total. The lowest BCUT2D eigenvalue weighted by atomic mass is 10.1. The molecule has 0 bridgehead atoms. The highest BCUT2D eigenvalue weighted by molar-refractivity contribution is 6.08. The van der Waals surface area contributed by atoms with Gasteiger partial charge in [-0.25, -0.2) is 0 Å². The zero-order valence-electron chi connectivity index (χ0n) is 18.0. The van der Waals surface area contributed by atoms with Crippen molar-refractivity contribution in [3.63, 3.8) is 0 Å². The maximum Gasteiger partial charge on any atom is 0.259 e. The first kappa shape index (κ1) is 19.9. The quantitative estimate of drug-likeness (QED) is 0.493. The van der Waals surface area contributed by atoms with E-state index in [1.165, 1.54) is 6.26 Å². The van der Waals surface area contributed by atoms with Crippen LogP contribution in [0.3, 0.4) is 0 Å². The van der Waals surface area contributed by atoms with Crippen molar-refractivity contribution in [2.75, 3.05) is 10.2 Å². The summed E-state index contributed by atoms with van der Waals surface area (Å²) >= 11 is 0. The number of amides is 2. The number of aromatic nitrogens is 1. The van der Waals surface area contributed by atoms with Gasteiger partial charge in [0.2, 0.25) is 0 Å². The Morgan fingerprint density at radius 1 is 0.969 bits per heavy atom. The average Bonchev–Trinajstić information content (AvgIpc) is 3.38. The van der Waals surface area contributed by atoms with Gasteiger partial charge in [0.05, 0.1) is 18.4 Å². The molecule has 1 aliphatic heterocycles. The van der Waals surface area contributed by atoms with Gasteiger partial charge in [0.15, 0.2) is 0 Å². The van der Waals surface area contributed by atoms with E-state index in [0.717, 1.165) is 29.1 Å². The lowest BCUT2D eigenvalue weighted by molar-refractivity contribution is 0.0983. The fourth-order valence-corrected chi connectivity index (χ4v) is 4.17. The largest absolute Gasteiger partial charge is 0.469 e. The van der Waals surface area contributed by atoms with Gasteiger partial charge >= 0.3 is 0 Å². The van der Waals surface area contributed by atoms with E-state index in [1.54, 1.807) is 25.1 Å². The summed E-state index contributed by atoms with van der Waals surface area (Å²) in [5.41, 5.74) is 5.67. The summed E-state index contributed by atoms with van der Waals surface area (Å²) in [6.07, 6.45) is 3.54. The van der Waals surface area contributed by atoms with E-state index < -0.39 is 0 Å². The Bertz CT molecular complexity index is 1330. The van der Waals surface area contributed by atoms with Gasteiger partial charge in [-0.2, -0.15) is 0 Å². The fourth-order valence-electron chi connectivity index (χ4n) is 4.17. The van der Waals surface area contributed by atoms with Crippen LogP contribution in [0.4, 0.5) is 11.4 Å². The smallest absolute Gasteiger partial charge is 0.259 e. The first-order chi connectivity index (χ1) is 15.5. The van der Waals surface area contributed by atoms with Crippen LogP contribution in [0.15, 0.2) is 77.5 Å². The van der Waals surface area contributed by atoms with E-state index in [2.05, 4.69) is 16.0 Å². The molecule has 4 aromatic rings. The molecule has 32 heavy (non-hydrogen) atoms. The van der Waals surface area contributed by atoms with E-state index in [-0.39, 0.29) is 11.8 Å². The molecule has 5 rings (SSSR count). The molecule has 1 N–H and O–H groups in total. The predicted molar refractivity (Wildman–Crippen MR) is 123 cm³/mol. The molecule has 0 unspecified atom stereocenters. The lowest BCUT2D eigenvalue weighted by Gasteiger charge is -2.23. The highest BCUT2D eigenvalue weighted by atomic mass is 16.3. The highest BCUT2D eigenvalue weighted by Crippen LogP contribution is 2.30. The molecular formula is C26H23N3O3. The normalized spacial score (nSPS) is 12.6. The molecule has 0 saturated heterocycles. The van der Waals surface area contributed by atoms with E-state index in [9.17, 15) is 9.59 Å². The minimum Gasteiger partial charge on any atom is -0.469 e. The highest BCUT2D eigenvalue weighted by Gasteiger charge is 2.25. The Morgan fingerprint density at radius 2 is 1.81 bits per heavy atom. The van der Waals surface area contributed by atoms with Crippen LogP contribution in [0.5, 0.6) is 0 Å². The number of carbonyl (C=O) groups excluding carboxylic acids is 2. The molecule has 2 aromatic heterocycles. The van der Waals surface area contributed by atoms with Crippen LogP contribution in [0.2, 0.25) is 0 Å². The molecule has 2 amide bonds. The van der Waals surface area contributed by atoms with Crippen molar-refractivity contribution < 1.29 is 14.0 Å². The van der Waals surface area contributed by atoms with Crippen LogP contribution >= 0.6 is 0 Å². The molecule has 0 saturated carbocycles. The van der Waals surface area contributed by atoms with Gasteiger partial charge in [0.25, 0.3) is 11.8 Å². The van der Waals surface area contributed by atoms with Gasteiger partial charge in [-0.15, -0.1) is 0 Å². The summed E-state index contributed by atoms with van der Waals surface area (Å²) in [5.74, 6) is 0.260. The molecule has 3 heterocycles. The van der Waals surface area contributed by atoms with Gasteiger partial charge in [-0.05, 0) is 67.4 Å². The zero-order chi connectivity index (χ0) is 22.2. The van der Waals surface area contributed by atoms with Crippen molar-refractivity contribution in [2.45, 2.75) is 26.9 Å². The zero-order valence-corrected chi connectivity index (χ0v) is 18.0. The number of aryl methyl sites for hydroxylation is 2. The van der Waals surface area contributed by atoms with Crippen LogP contribution in [0.25, 0.3) is 0 Å². The number of rotatable bonds is 3. The molecule has 0 fully saturated rings. The molecule has 0 aliphatic carbocycles. The van der Waals surface area contributed by atoms with E-state index >= 15 is 0 Å². The van der Waals surface area contributed by atoms with E-state index in [4.69, 9.17) is 4.42 Å². The number of hydrogen-bond donors (Lipinski definition) is 1. The number of fused-ring (bicyclic) bond motifs is 2. The summed E-state index contributed by atoms with van der Waals surface area (Å²) in [7, 11) is 0. The van der Waals surface area contributed by atoms with Crippen LogP contribution in [0.1, 0.15) is 43.3 Å². The Labute approximate surface area is 186 Å². The summed E-state index contributed by atoms with van der Waals surface area (Å²) in [6, 6.07) is 19.1. The Balaban J connectivity index is 1.44. The predicted octanol–water partition coefficient (Wildman–Crippen LogP) is 5.16. The number of nitrogens with one attached hydrogen (secondary N) is 1. The third-order valence-electron chi connectivity index (χ3n) is 5.94. The summed E-state index contributed by atoms with van der Waals surface area (Å²) < 4.78 is 7.39. The maximum atomic E-state index is 13.6. The van der Waals surface area contributed by atoms with Crippen molar-refractivity contribution in [1.82, 2.24) is 4.57 Å². The molecular weight excluding hydrogens is 402 g/mol. The first-order valence-corrected chi connectivity index (χ1v) is 10.5. The number of carbonyl (C=O) groups is 2. The molecule has 0 atom stereocenters. The molecule has 2 aromatic carbocycles. The average molecular weight is 425 g/mol. The lowest BCUT2D eigenvalue weighted by Crippen LogP contribution is -2.30. The van der Waals surface area contributed by atoms with Gasteiger partial charge < -0.3 is 19.2 Å². The fraction of sp³-hybridized carbons (Fsp3) is 0.154. The van der Waals surface area contributed by atoms with Crippen molar-refractivity contribution in [2.24, 2.45) is 0 Å². The second kappa shape index (κ2) is 7.89. The Hall–Kier alpha value is -4.06. The standard InChI is InChI=1S/C26H23N3O3/c1-17-14-19(9-10-23(17)27-25(30)22-11-13-32-18(22)2)26(31)29-16-21-7-5-12-28(21)15-20-6-3-4-8-24(20)29/h3-14H,15-16H2,1-2H3,(H,27,30). The van der Waals surface area contributed by atoms with Crippen LogP contribution in [0, 0.1) is 13.8 Å². The van der Waals surface area contributed by atoms with Crippen LogP contribution in [-0.2, 0) is 13.1 Å². The molecule has 0 radical (unpaired) electrons. The van der Waals surface area contributed by atoms with E-state index in [1.807, 2.05) is 54.4 Å². The Morgan fingerprint density at radius 3 is 2.59 bits per heavy atom. The van der Waals surface area contributed by atoms with Crippen molar-refractivity contribution in [1.29, 1.82) is 0 Å². The number of anilines is 2. The minimum atomic E-state index is -0.236. The topological polar surface area (TPSA) is 67.5 Å². The van der Waals surface area contributed by atoms with Crippen molar-refractivity contribution >= 4 is 23.2 Å². The van der Waals surface area contributed by atoms with Gasteiger partial charge in [0.1, 0.15) is 5.76 Å². The third-order valence-corrected chi connectivity index (χ3v) is 5.94.